The van der Waals surface area contributed by atoms with Gasteiger partial charge in [-0.15, -0.1) is 0 Å². The van der Waals surface area contributed by atoms with Crippen molar-refractivity contribution in [3.63, 3.8) is 0 Å². The molecule has 0 amide bonds. The molecule has 0 aromatic heterocycles. The van der Waals surface area contributed by atoms with Gasteiger partial charge in [0, 0.05) is 5.56 Å². The number of benzene rings is 1. The third-order valence-corrected chi connectivity index (χ3v) is 2.18. The van der Waals surface area contributed by atoms with E-state index in [1.165, 1.54) is 0 Å². The molecule has 1 aliphatic heterocycles. The number of hydrogen-bond acceptors (Lipinski definition) is 2. The quantitative estimate of drug-likeness (QED) is 0.590. The molecule has 2 rings (SSSR count). The summed E-state index contributed by atoms with van der Waals surface area (Å²) in [6.45, 7) is 2.49. The highest BCUT2D eigenvalue weighted by Crippen LogP contribution is 2.23. The molecule has 62 valence electrons. The van der Waals surface area contributed by atoms with Crippen molar-refractivity contribution < 1.29 is 9.53 Å². The van der Waals surface area contributed by atoms with Crippen molar-refractivity contribution in [1.29, 1.82) is 0 Å². The summed E-state index contributed by atoms with van der Waals surface area (Å²) in [7, 11) is 0. The molecule has 0 atom stereocenters. The first-order chi connectivity index (χ1) is 5.83. The Morgan fingerprint density at radius 2 is 2.33 bits per heavy atom. The van der Waals surface area contributed by atoms with Crippen LogP contribution >= 0.6 is 0 Å². The van der Waals surface area contributed by atoms with Crippen LogP contribution in [-0.4, -0.2) is 5.97 Å². The summed E-state index contributed by atoms with van der Waals surface area (Å²) in [6.07, 6.45) is 0.887. The van der Waals surface area contributed by atoms with Gasteiger partial charge in [0.05, 0.1) is 5.56 Å². The van der Waals surface area contributed by atoms with E-state index in [-0.39, 0.29) is 5.97 Å². The van der Waals surface area contributed by atoms with Crippen LogP contribution in [0.4, 0.5) is 0 Å². The highest BCUT2D eigenvalue weighted by molar-refractivity contribution is 5.94. The minimum absolute atomic E-state index is 0.164. The van der Waals surface area contributed by atoms with Crippen molar-refractivity contribution in [3.05, 3.63) is 34.9 Å². The van der Waals surface area contributed by atoms with Crippen molar-refractivity contribution in [2.45, 2.75) is 20.0 Å². The van der Waals surface area contributed by atoms with E-state index in [4.69, 9.17) is 4.74 Å². The number of aryl methyl sites for hydroxylation is 1. The maximum Gasteiger partial charge on any atom is 0.339 e. The van der Waals surface area contributed by atoms with Gasteiger partial charge in [-0.2, -0.15) is 0 Å². The van der Waals surface area contributed by atoms with Crippen molar-refractivity contribution in [2.75, 3.05) is 0 Å². The zero-order valence-electron chi connectivity index (χ0n) is 6.96. The Balaban J connectivity index is 2.60. The van der Waals surface area contributed by atoms with Crippen molar-refractivity contribution >= 4 is 5.97 Å². The van der Waals surface area contributed by atoms with Crippen molar-refractivity contribution in [3.8, 4) is 0 Å². The highest BCUT2D eigenvalue weighted by Gasteiger charge is 2.22. The molecule has 2 heteroatoms. The van der Waals surface area contributed by atoms with Crippen LogP contribution < -0.4 is 0 Å². The Kier molecular flexibility index (Phi) is 1.61. The fourth-order valence-electron chi connectivity index (χ4n) is 1.55. The molecular formula is C10H10O2. The van der Waals surface area contributed by atoms with E-state index in [1.54, 1.807) is 0 Å². The third-order valence-electron chi connectivity index (χ3n) is 2.18. The first kappa shape index (κ1) is 7.35. The van der Waals surface area contributed by atoms with Gasteiger partial charge < -0.3 is 4.74 Å². The highest BCUT2D eigenvalue weighted by atomic mass is 16.5. The fourth-order valence-corrected chi connectivity index (χ4v) is 1.55. The average Bonchev–Trinajstić information content (AvgIpc) is 2.48. The number of cyclic esters (lactones) is 1. The number of fused-ring (bicyclic) bond motifs is 1. The van der Waals surface area contributed by atoms with E-state index < -0.39 is 0 Å². The molecule has 0 fully saturated rings. The zero-order valence-corrected chi connectivity index (χ0v) is 6.96. The minimum Gasteiger partial charge on any atom is -0.457 e. The number of hydrogen-bond donors (Lipinski definition) is 0. The summed E-state index contributed by atoms with van der Waals surface area (Å²) in [5.74, 6) is -0.164. The second kappa shape index (κ2) is 2.63. The van der Waals surface area contributed by atoms with Gasteiger partial charge in [-0.25, -0.2) is 4.79 Å². The Morgan fingerprint density at radius 3 is 3.08 bits per heavy atom. The lowest BCUT2D eigenvalue weighted by molar-refractivity contribution is 0.0534. The number of rotatable bonds is 1. The normalized spacial score (nSPS) is 14.2. The summed E-state index contributed by atoms with van der Waals surface area (Å²) in [5, 5.41) is 0. The Morgan fingerprint density at radius 1 is 1.50 bits per heavy atom. The van der Waals surface area contributed by atoms with Crippen LogP contribution in [0.25, 0.3) is 0 Å². The van der Waals surface area contributed by atoms with Crippen LogP contribution in [-0.2, 0) is 17.8 Å². The molecule has 0 radical (unpaired) electrons. The van der Waals surface area contributed by atoms with Gasteiger partial charge in [-0.1, -0.05) is 25.1 Å². The Labute approximate surface area is 71.2 Å². The monoisotopic (exact) mass is 162 g/mol. The number of esters is 1. The Hall–Kier alpha value is -1.31. The number of carbonyl (C=O) groups excluding carboxylic acids is 1. The fraction of sp³-hybridized carbons (Fsp3) is 0.300. The molecular weight excluding hydrogens is 152 g/mol. The maximum absolute atomic E-state index is 11.2. The van der Waals surface area contributed by atoms with E-state index >= 15 is 0 Å². The van der Waals surface area contributed by atoms with E-state index in [2.05, 4.69) is 0 Å². The van der Waals surface area contributed by atoms with Gasteiger partial charge in [0.15, 0.2) is 0 Å². The molecule has 0 N–H and O–H groups in total. The lowest BCUT2D eigenvalue weighted by Crippen LogP contribution is -1.98. The third kappa shape index (κ3) is 0.916. The summed E-state index contributed by atoms with van der Waals surface area (Å²) in [4.78, 5) is 11.2. The zero-order chi connectivity index (χ0) is 8.55. The number of carbonyl (C=O) groups is 1. The van der Waals surface area contributed by atoms with E-state index in [0.717, 1.165) is 23.1 Å². The first-order valence-corrected chi connectivity index (χ1v) is 4.11. The molecule has 1 aromatic rings. The van der Waals surface area contributed by atoms with Gasteiger partial charge in [0.1, 0.15) is 6.61 Å². The lowest BCUT2D eigenvalue weighted by Gasteiger charge is -2.00. The predicted molar refractivity (Wildman–Crippen MR) is 44.9 cm³/mol. The SMILES string of the molecule is CCc1cccc2c1C(=O)OC2. The average molecular weight is 162 g/mol. The smallest absolute Gasteiger partial charge is 0.339 e. The summed E-state index contributed by atoms with van der Waals surface area (Å²) in [6, 6.07) is 5.89. The van der Waals surface area contributed by atoms with Gasteiger partial charge in [-0.05, 0) is 12.0 Å². The molecule has 0 aliphatic carbocycles. The predicted octanol–water partition coefficient (Wildman–Crippen LogP) is 1.92. The first-order valence-electron chi connectivity index (χ1n) is 4.11. The topological polar surface area (TPSA) is 26.3 Å². The van der Waals surface area contributed by atoms with E-state index in [1.807, 2.05) is 25.1 Å². The number of ether oxygens (including phenoxy) is 1. The molecule has 1 heterocycles. The summed E-state index contributed by atoms with van der Waals surface area (Å²) < 4.78 is 4.93. The van der Waals surface area contributed by atoms with Crippen LogP contribution in [0.1, 0.15) is 28.4 Å². The molecule has 1 aliphatic rings. The lowest BCUT2D eigenvalue weighted by atomic mass is 10.0. The second-order valence-electron chi connectivity index (χ2n) is 2.88. The van der Waals surface area contributed by atoms with Crippen LogP contribution in [0.15, 0.2) is 18.2 Å². The molecule has 0 saturated carbocycles. The largest absolute Gasteiger partial charge is 0.457 e. The molecule has 0 bridgehead atoms. The molecule has 0 spiro atoms. The van der Waals surface area contributed by atoms with Crippen LogP contribution in [0.3, 0.4) is 0 Å². The van der Waals surface area contributed by atoms with Gasteiger partial charge in [0.2, 0.25) is 0 Å². The molecule has 12 heavy (non-hydrogen) atoms. The van der Waals surface area contributed by atoms with Gasteiger partial charge in [0.25, 0.3) is 0 Å². The molecule has 0 unspecified atom stereocenters. The van der Waals surface area contributed by atoms with Crippen LogP contribution in [0.5, 0.6) is 0 Å². The Bertz CT molecular complexity index is 329. The van der Waals surface area contributed by atoms with Crippen LogP contribution in [0.2, 0.25) is 0 Å². The molecule has 0 saturated heterocycles. The van der Waals surface area contributed by atoms with Gasteiger partial charge in [-0.3, -0.25) is 0 Å². The van der Waals surface area contributed by atoms with E-state index in [0.29, 0.717) is 6.61 Å². The molecule has 1 aromatic carbocycles. The van der Waals surface area contributed by atoms with Crippen LogP contribution in [0, 0.1) is 0 Å². The van der Waals surface area contributed by atoms with Crippen molar-refractivity contribution in [2.24, 2.45) is 0 Å². The summed E-state index contributed by atoms with van der Waals surface area (Å²) in [5.41, 5.74) is 2.91. The second-order valence-corrected chi connectivity index (χ2v) is 2.88. The minimum atomic E-state index is -0.164. The van der Waals surface area contributed by atoms with E-state index in [9.17, 15) is 4.79 Å². The summed E-state index contributed by atoms with van der Waals surface area (Å²) >= 11 is 0. The van der Waals surface area contributed by atoms with Gasteiger partial charge >= 0.3 is 5.97 Å². The molecule has 2 nitrogen and oxygen atoms in total. The maximum atomic E-state index is 11.2. The standard InChI is InChI=1S/C10H10O2/c1-2-7-4-3-5-8-6-12-10(11)9(7)8/h3-5H,2,6H2,1H3. The van der Waals surface area contributed by atoms with Crippen molar-refractivity contribution in [1.82, 2.24) is 0 Å².